The molecule has 0 radical (unpaired) electrons. The molecule has 0 amide bonds. The van der Waals surface area contributed by atoms with E-state index in [-0.39, 0.29) is 11.2 Å². The van der Waals surface area contributed by atoms with Crippen molar-refractivity contribution in [3.8, 4) is 5.75 Å². The molecule has 0 saturated carbocycles. The van der Waals surface area contributed by atoms with E-state index >= 15 is 0 Å². The van der Waals surface area contributed by atoms with Crippen molar-refractivity contribution >= 4 is 33.8 Å². The molecule has 0 atom stereocenters. The number of H-pyrrole nitrogens is 1. The molecule has 0 unspecified atom stereocenters. The lowest BCUT2D eigenvalue weighted by molar-refractivity contribution is -0.384. The Kier molecular flexibility index (Phi) is 4.11. The second-order valence-corrected chi connectivity index (χ2v) is 6.13. The lowest BCUT2D eigenvalue weighted by Crippen LogP contribution is -2.20. The first-order chi connectivity index (χ1) is 13.5. The van der Waals surface area contributed by atoms with Gasteiger partial charge in [-0.25, -0.2) is 4.98 Å². The van der Waals surface area contributed by atoms with Crippen LogP contribution in [0.5, 0.6) is 5.75 Å². The number of nitrogens with one attached hydrogen (secondary N) is 1. The molecule has 0 saturated heterocycles. The summed E-state index contributed by atoms with van der Waals surface area (Å²) in [4.78, 5) is 30.8. The van der Waals surface area contributed by atoms with Gasteiger partial charge >= 0.3 is 0 Å². The van der Waals surface area contributed by atoms with Gasteiger partial charge in [0.1, 0.15) is 22.6 Å². The van der Waals surface area contributed by atoms with Gasteiger partial charge in [0, 0.05) is 23.0 Å². The highest BCUT2D eigenvalue weighted by molar-refractivity contribution is 6.05. The highest BCUT2D eigenvalue weighted by Gasteiger charge is 2.14. The van der Waals surface area contributed by atoms with Gasteiger partial charge in [0.2, 0.25) is 0 Å². The maximum Gasteiger partial charge on any atom is 0.298 e. The molecule has 140 valence electrons. The van der Waals surface area contributed by atoms with E-state index in [4.69, 9.17) is 4.74 Å². The summed E-state index contributed by atoms with van der Waals surface area (Å²) < 4.78 is 6.44. The minimum atomic E-state index is -0.474. The Hall–Kier alpha value is -4.01. The van der Waals surface area contributed by atoms with Gasteiger partial charge < -0.3 is 9.72 Å². The summed E-state index contributed by atoms with van der Waals surface area (Å²) in [6.45, 7) is 1.69. The summed E-state index contributed by atoms with van der Waals surface area (Å²) in [7, 11) is 1.58. The molecule has 9 heteroatoms. The molecule has 4 aromatic rings. The van der Waals surface area contributed by atoms with E-state index < -0.39 is 4.92 Å². The van der Waals surface area contributed by atoms with E-state index in [2.05, 4.69) is 15.1 Å². The number of ether oxygens (including phenoxy) is 1. The average Bonchev–Trinajstić information content (AvgIpc) is 3.06. The van der Waals surface area contributed by atoms with Gasteiger partial charge in [-0.05, 0) is 42.8 Å². The maximum atomic E-state index is 12.9. The fourth-order valence-corrected chi connectivity index (χ4v) is 2.96. The predicted octanol–water partition coefficient (Wildman–Crippen LogP) is 2.99. The molecule has 0 aliphatic rings. The highest BCUT2D eigenvalue weighted by Crippen LogP contribution is 2.26. The molecule has 0 fully saturated rings. The van der Waals surface area contributed by atoms with E-state index in [1.54, 1.807) is 32.2 Å². The fourth-order valence-electron chi connectivity index (χ4n) is 2.96. The zero-order valence-electron chi connectivity index (χ0n) is 15.0. The van der Waals surface area contributed by atoms with E-state index in [1.165, 1.54) is 23.0 Å². The maximum absolute atomic E-state index is 12.9. The molecule has 2 aromatic heterocycles. The monoisotopic (exact) mass is 377 g/mol. The van der Waals surface area contributed by atoms with E-state index in [0.29, 0.717) is 28.2 Å². The predicted molar refractivity (Wildman–Crippen MR) is 105 cm³/mol. The molecular weight excluding hydrogens is 362 g/mol. The van der Waals surface area contributed by atoms with Crippen molar-refractivity contribution in [2.75, 3.05) is 7.11 Å². The largest absolute Gasteiger partial charge is 0.497 e. The smallest absolute Gasteiger partial charge is 0.298 e. The van der Waals surface area contributed by atoms with Gasteiger partial charge in [0.15, 0.2) is 0 Å². The topological polar surface area (TPSA) is 115 Å². The van der Waals surface area contributed by atoms with Gasteiger partial charge in [-0.2, -0.15) is 9.78 Å². The van der Waals surface area contributed by atoms with Crippen LogP contribution in [0.15, 0.2) is 52.4 Å². The number of aromatic nitrogens is 3. The van der Waals surface area contributed by atoms with Crippen molar-refractivity contribution in [3.05, 3.63) is 74.3 Å². The summed E-state index contributed by atoms with van der Waals surface area (Å²) in [6, 6.07) is 11.3. The van der Waals surface area contributed by atoms with Gasteiger partial charge in [0.05, 0.1) is 18.2 Å². The minimum Gasteiger partial charge on any atom is -0.497 e. The van der Waals surface area contributed by atoms with Crippen LogP contribution in [0.4, 0.5) is 5.69 Å². The van der Waals surface area contributed by atoms with Crippen molar-refractivity contribution in [1.82, 2.24) is 14.6 Å². The average molecular weight is 377 g/mol. The van der Waals surface area contributed by atoms with Crippen LogP contribution in [-0.4, -0.2) is 32.9 Å². The number of methoxy groups -OCH3 is 1. The molecule has 0 bridgehead atoms. The normalized spacial score (nSPS) is 11.5. The minimum absolute atomic E-state index is 0.0120. The Morgan fingerprint density at radius 2 is 2.00 bits per heavy atom. The van der Waals surface area contributed by atoms with Crippen LogP contribution in [0, 0.1) is 17.0 Å². The molecular formula is C19H15N5O4. The first-order valence-corrected chi connectivity index (χ1v) is 8.36. The SMILES string of the molecule is COc1ccc2[nH]c3c(=O)n(/N=C/c4ccc([N+](=O)[O-])cc4)c(C)nc3c2c1. The third-order valence-corrected chi connectivity index (χ3v) is 4.39. The number of nitrogens with zero attached hydrogens (tertiary/aromatic N) is 4. The van der Waals surface area contributed by atoms with Crippen LogP contribution in [-0.2, 0) is 0 Å². The molecule has 4 rings (SSSR count). The molecule has 0 aliphatic heterocycles. The summed E-state index contributed by atoms with van der Waals surface area (Å²) in [5, 5.41) is 15.7. The molecule has 2 aromatic carbocycles. The second-order valence-electron chi connectivity index (χ2n) is 6.13. The highest BCUT2D eigenvalue weighted by atomic mass is 16.6. The molecule has 2 heterocycles. The molecule has 0 spiro atoms. The fraction of sp³-hybridized carbons (Fsp3) is 0.105. The van der Waals surface area contributed by atoms with Crippen molar-refractivity contribution < 1.29 is 9.66 Å². The van der Waals surface area contributed by atoms with Crippen LogP contribution in [0.3, 0.4) is 0 Å². The summed E-state index contributed by atoms with van der Waals surface area (Å²) in [6.07, 6.45) is 1.46. The quantitative estimate of drug-likeness (QED) is 0.333. The molecule has 9 nitrogen and oxygen atoms in total. The first kappa shape index (κ1) is 17.4. The van der Waals surface area contributed by atoms with Gasteiger partial charge in [-0.15, -0.1) is 0 Å². The lowest BCUT2D eigenvalue weighted by atomic mass is 10.2. The van der Waals surface area contributed by atoms with Crippen LogP contribution >= 0.6 is 0 Å². The second kappa shape index (κ2) is 6.62. The van der Waals surface area contributed by atoms with Crippen molar-refractivity contribution in [2.24, 2.45) is 5.10 Å². The molecule has 0 aliphatic carbocycles. The van der Waals surface area contributed by atoms with Crippen molar-refractivity contribution in [1.29, 1.82) is 0 Å². The Morgan fingerprint density at radius 1 is 1.25 bits per heavy atom. The molecule has 1 N–H and O–H groups in total. The molecule has 28 heavy (non-hydrogen) atoms. The number of rotatable bonds is 4. The standard InChI is InChI=1S/C19H15N5O4/c1-11-21-17-15-9-14(28-2)7-8-16(15)22-18(17)19(25)23(11)20-10-12-3-5-13(6-4-12)24(26)27/h3-10,22H,1-2H3/b20-10+. The lowest BCUT2D eigenvalue weighted by Gasteiger charge is -2.03. The van der Waals surface area contributed by atoms with Gasteiger partial charge in [0.25, 0.3) is 11.2 Å². The number of benzene rings is 2. The Labute approximate surface area is 158 Å². The number of non-ortho nitro benzene ring substituents is 1. The number of hydrogen-bond acceptors (Lipinski definition) is 6. The number of aromatic amines is 1. The van der Waals surface area contributed by atoms with Crippen LogP contribution in [0.1, 0.15) is 11.4 Å². The summed E-state index contributed by atoms with van der Waals surface area (Å²) >= 11 is 0. The van der Waals surface area contributed by atoms with E-state index in [0.717, 1.165) is 10.9 Å². The number of fused-ring (bicyclic) bond motifs is 3. The first-order valence-electron chi connectivity index (χ1n) is 8.36. The van der Waals surface area contributed by atoms with Gasteiger partial charge in [-0.1, -0.05) is 0 Å². The Bertz CT molecular complexity index is 1300. The third-order valence-electron chi connectivity index (χ3n) is 4.39. The zero-order valence-corrected chi connectivity index (χ0v) is 15.0. The Balaban J connectivity index is 1.80. The summed E-state index contributed by atoms with van der Waals surface area (Å²) in [5.74, 6) is 1.09. The van der Waals surface area contributed by atoms with Crippen molar-refractivity contribution in [2.45, 2.75) is 6.92 Å². The zero-order chi connectivity index (χ0) is 19.8. The number of nitro benzene ring substituents is 1. The van der Waals surface area contributed by atoms with E-state index in [9.17, 15) is 14.9 Å². The van der Waals surface area contributed by atoms with E-state index in [1.807, 2.05) is 12.1 Å². The summed E-state index contributed by atoms with van der Waals surface area (Å²) in [5.41, 5.74) is 1.95. The van der Waals surface area contributed by atoms with Crippen molar-refractivity contribution in [3.63, 3.8) is 0 Å². The number of hydrogen-bond donors (Lipinski definition) is 1. The van der Waals surface area contributed by atoms with Crippen LogP contribution in [0.25, 0.3) is 21.9 Å². The van der Waals surface area contributed by atoms with Crippen LogP contribution < -0.4 is 10.3 Å². The number of nitro groups is 1. The number of aryl methyl sites for hydroxylation is 1. The van der Waals surface area contributed by atoms with Gasteiger partial charge in [-0.3, -0.25) is 14.9 Å². The Morgan fingerprint density at radius 3 is 2.68 bits per heavy atom. The van der Waals surface area contributed by atoms with Crippen LogP contribution in [0.2, 0.25) is 0 Å². The third kappa shape index (κ3) is 2.88.